The van der Waals surface area contributed by atoms with Gasteiger partial charge >= 0.3 is 0 Å². The van der Waals surface area contributed by atoms with Crippen LogP contribution in [0, 0.1) is 6.92 Å². The minimum absolute atomic E-state index is 0.0945. The van der Waals surface area contributed by atoms with E-state index in [-0.39, 0.29) is 5.92 Å². The van der Waals surface area contributed by atoms with Crippen LogP contribution in [0.3, 0.4) is 0 Å². The van der Waals surface area contributed by atoms with E-state index >= 15 is 0 Å². The number of methoxy groups -OCH3 is 1. The summed E-state index contributed by atoms with van der Waals surface area (Å²) in [6.07, 6.45) is 3.76. The molecule has 0 spiro atoms. The van der Waals surface area contributed by atoms with Gasteiger partial charge in [0.1, 0.15) is 11.4 Å². The molecule has 1 N–H and O–H groups in total. The highest BCUT2D eigenvalue weighted by Gasteiger charge is 2.42. The molecule has 3 aromatic carbocycles. The van der Waals surface area contributed by atoms with Gasteiger partial charge in [-0.3, -0.25) is 0 Å². The number of hydrogen-bond acceptors (Lipinski definition) is 3. The van der Waals surface area contributed by atoms with E-state index in [0.717, 1.165) is 42.1 Å². The summed E-state index contributed by atoms with van der Waals surface area (Å²) in [6.45, 7) is 5.09. The highest BCUT2D eigenvalue weighted by Crippen LogP contribution is 2.44. The number of aliphatic hydroxyl groups is 1. The van der Waals surface area contributed by atoms with Crippen molar-refractivity contribution in [1.82, 2.24) is 4.90 Å². The molecule has 1 heterocycles. The summed E-state index contributed by atoms with van der Waals surface area (Å²) in [5.74, 6) is 0.699. The normalized spacial score (nSPS) is 17.6. The largest absolute Gasteiger partial charge is 0.497 e. The lowest BCUT2D eigenvalue weighted by Crippen LogP contribution is -2.43. The predicted octanol–water partition coefficient (Wildman–Crippen LogP) is 5.51. The Morgan fingerprint density at radius 1 is 0.839 bits per heavy atom. The molecular weight excluding hydrogens is 382 g/mol. The van der Waals surface area contributed by atoms with Crippen LogP contribution in [0.25, 0.3) is 0 Å². The van der Waals surface area contributed by atoms with Gasteiger partial charge in [0, 0.05) is 12.5 Å². The lowest BCUT2D eigenvalue weighted by atomic mass is 9.72. The fourth-order valence-electron chi connectivity index (χ4n) is 4.79. The maximum absolute atomic E-state index is 12.6. The first kappa shape index (κ1) is 21.6. The molecule has 0 amide bonds. The Morgan fingerprint density at radius 2 is 1.42 bits per heavy atom. The smallest absolute Gasteiger partial charge is 0.123 e. The zero-order valence-electron chi connectivity index (χ0n) is 18.6. The SMILES string of the molecule is COc1ccc(C(O)(c2ccc(C)cc2)C(CN2CCCCC2)c2ccccc2)cc1. The van der Waals surface area contributed by atoms with Crippen LogP contribution in [-0.4, -0.2) is 36.8 Å². The number of likely N-dealkylation sites (tertiary alicyclic amines) is 1. The number of ether oxygens (including phenoxy) is 1. The van der Waals surface area contributed by atoms with E-state index in [1.807, 2.05) is 30.3 Å². The van der Waals surface area contributed by atoms with Crippen LogP contribution in [0.2, 0.25) is 0 Å². The Morgan fingerprint density at radius 3 is 2.00 bits per heavy atom. The Labute approximate surface area is 186 Å². The molecule has 0 aromatic heterocycles. The molecule has 0 bridgehead atoms. The first-order valence-corrected chi connectivity index (χ1v) is 11.3. The van der Waals surface area contributed by atoms with Crippen molar-refractivity contribution in [3.63, 3.8) is 0 Å². The highest BCUT2D eigenvalue weighted by molar-refractivity contribution is 5.44. The summed E-state index contributed by atoms with van der Waals surface area (Å²) in [5, 5.41) is 12.6. The van der Waals surface area contributed by atoms with Crippen LogP contribution in [0.15, 0.2) is 78.9 Å². The van der Waals surface area contributed by atoms with Gasteiger partial charge in [0.05, 0.1) is 7.11 Å². The molecule has 4 rings (SSSR count). The van der Waals surface area contributed by atoms with Crippen molar-refractivity contribution in [3.05, 3.63) is 101 Å². The van der Waals surface area contributed by atoms with E-state index in [9.17, 15) is 5.11 Å². The minimum atomic E-state index is -1.15. The van der Waals surface area contributed by atoms with Crippen molar-refractivity contribution >= 4 is 0 Å². The average molecular weight is 416 g/mol. The first-order valence-electron chi connectivity index (χ1n) is 11.3. The monoisotopic (exact) mass is 415 g/mol. The van der Waals surface area contributed by atoms with Crippen molar-refractivity contribution in [2.45, 2.75) is 37.7 Å². The topological polar surface area (TPSA) is 32.7 Å². The molecule has 3 heteroatoms. The molecule has 1 aliphatic rings. The van der Waals surface area contributed by atoms with E-state index < -0.39 is 5.60 Å². The lowest BCUT2D eigenvalue weighted by Gasteiger charge is -2.41. The molecule has 3 aromatic rings. The fourth-order valence-corrected chi connectivity index (χ4v) is 4.79. The van der Waals surface area contributed by atoms with Crippen LogP contribution in [0.1, 0.15) is 47.4 Å². The van der Waals surface area contributed by atoms with E-state index in [4.69, 9.17) is 4.74 Å². The standard InChI is InChI=1S/C28H33NO2/c1-22-11-13-24(14-12-22)28(30,25-15-17-26(31-2)18-16-25)27(23-9-5-3-6-10-23)21-29-19-7-4-8-20-29/h3,5-6,9-18,27,30H,4,7-8,19-21H2,1-2H3. The zero-order valence-corrected chi connectivity index (χ0v) is 18.6. The molecule has 3 nitrogen and oxygen atoms in total. The Balaban J connectivity index is 1.84. The fraction of sp³-hybridized carbons (Fsp3) is 0.357. The van der Waals surface area contributed by atoms with Crippen LogP contribution < -0.4 is 4.74 Å². The van der Waals surface area contributed by atoms with Gasteiger partial charge in [-0.2, -0.15) is 0 Å². The number of piperidine rings is 1. The van der Waals surface area contributed by atoms with Gasteiger partial charge in [-0.05, 0) is 61.7 Å². The molecule has 1 aliphatic heterocycles. The molecule has 162 valence electrons. The van der Waals surface area contributed by atoms with Gasteiger partial charge in [0.2, 0.25) is 0 Å². The van der Waals surface area contributed by atoms with E-state index in [1.54, 1.807) is 7.11 Å². The number of hydrogen-bond donors (Lipinski definition) is 1. The molecule has 2 atom stereocenters. The molecule has 0 radical (unpaired) electrons. The van der Waals surface area contributed by atoms with E-state index in [0.29, 0.717) is 0 Å². The summed E-state index contributed by atoms with van der Waals surface area (Å²) >= 11 is 0. The van der Waals surface area contributed by atoms with E-state index in [1.165, 1.54) is 24.8 Å². The Hall–Kier alpha value is -2.62. The zero-order chi connectivity index (χ0) is 21.7. The lowest BCUT2D eigenvalue weighted by molar-refractivity contribution is 0.0310. The third kappa shape index (κ3) is 4.68. The number of aryl methyl sites for hydroxylation is 1. The molecular formula is C28H33NO2. The molecule has 2 unspecified atom stereocenters. The Bertz CT molecular complexity index is 947. The quantitative estimate of drug-likeness (QED) is 0.552. The van der Waals surface area contributed by atoms with Gasteiger partial charge in [0.25, 0.3) is 0 Å². The maximum Gasteiger partial charge on any atom is 0.123 e. The first-order chi connectivity index (χ1) is 15.1. The number of benzene rings is 3. The highest BCUT2D eigenvalue weighted by atomic mass is 16.5. The number of nitrogens with zero attached hydrogens (tertiary/aromatic N) is 1. The third-order valence-electron chi connectivity index (χ3n) is 6.62. The van der Waals surface area contributed by atoms with Gasteiger partial charge in [-0.15, -0.1) is 0 Å². The maximum atomic E-state index is 12.6. The molecule has 1 fully saturated rings. The predicted molar refractivity (Wildman–Crippen MR) is 127 cm³/mol. The van der Waals surface area contributed by atoms with Crippen LogP contribution in [-0.2, 0) is 5.60 Å². The van der Waals surface area contributed by atoms with Crippen molar-refractivity contribution in [2.24, 2.45) is 0 Å². The van der Waals surface area contributed by atoms with Crippen LogP contribution >= 0.6 is 0 Å². The van der Waals surface area contributed by atoms with E-state index in [2.05, 4.69) is 60.4 Å². The average Bonchev–Trinajstić information content (AvgIpc) is 2.84. The third-order valence-corrected chi connectivity index (χ3v) is 6.62. The van der Waals surface area contributed by atoms with Gasteiger partial charge in [-0.1, -0.05) is 78.7 Å². The van der Waals surface area contributed by atoms with Gasteiger partial charge in [-0.25, -0.2) is 0 Å². The molecule has 31 heavy (non-hydrogen) atoms. The second-order valence-electron chi connectivity index (χ2n) is 8.69. The van der Waals surface area contributed by atoms with Gasteiger partial charge < -0.3 is 14.7 Å². The van der Waals surface area contributed by atoms with Crippen LogP contribution in [0.5, 0.6) is 5.75 Å². The van der Waals surface area contributed by atoms with Crippen molar-refractivity contribution in [3.8, 4) is 5.75 Å². The molecule has 0 aliphatic carbocycles. The summed E-state index contributed by atoms with van der Waals surface area (Å²) in [7, 11) is 1.67. The van der Waals surface area contributed by atoms with Crippen LogP contribution in [0.4, 0.5) is 0 Å². The second-order valence-corrected chi connectivity index (χ2v) is 8.69. The summed E-state index contributed by atoms with van der Waals surface area (Å²) in [6, 6.07) is 26.7. The minimum Gasteiger partial charge on any atom is -0.497 e. The van der Waals surface area contributed by atoms with Crippen molar-refractivity contribution in [1.29, 1.82) is 0 Å². The van der Waals surface area contributed by atoms with Gasteiger partial charge in [0.15, 0.2) is 0 Å². The molecule has 0 saturated carbocycles. The molecule has 1 saturated heterocycles. The summed E-state index contributed by atoms with van der Waals surface area (Å²) in [5.41, 5.74) is 3.01. The van der Waals surface area contributed by atoms with Crippen molar-refractivity contribution < 1.29 is 9.84 Å². The second kappa shape index (κ2) is 9.67. The summed E-state index contributed by atoms with van der Waals surface area (Å²) < 4.78 is 5.38. The summed E-state index contributed by atoms with van der Waals surface area (Å²) in [4.78, 5) is 2.52. The van der Waals surface area contributed by atoms with Crippen molar-refractivity contribution in [2.75, 3.05) is 26.7 Å². The number of rotatable bonds is 7. The Kier molecular flexibility index (Phi) is 6.74.